The van der Waals surface area contributed by atoms with E-state index in [1.54, 1.807) is 0 Å². The van der Waals surface area contributed by atoms with Gasteiger partial charge in [-0.1, -0.05) is 13.3 Å². The summed E-state index contributed by atoms with van der Waals surface area (Å²) < 4.78 is 0. The molecule has 0 saturated heterocycles. The van der Waals surface area contributed by atoms with E-state index in [0.29, 0.717) is 5.92 Å². The molecular formula is C15H25N3O. The molecule has 1 atom stereocenters. The molecule has 106 valence electrons. The van der Waals surface area contributed by atoms with Gasteiger partial charge in [0.25, 0.3) is 0 Å². The minimum absolute atomic E-state index is 0.265. The first-order valence-corrected chi connectivity index (χ1v) is 7.45. The molecule has 1 unspecified atom stereocenters. The molecular weight excluding hydrogens is 238 g/mol. The number of aliphatic hydroxyl groups is 1. The van der Waals surface area contributed by atoms with Crippen molar-refractivity contribution in [3.05, 3.63) is 17.1 Å². The Hall–Kier alpha value is -1.16. The Morgan fingerprint density at radius 1 is 1.26 bits per heavy atom. The number of rotatable bonds is 6. The Kier molecular flexibility index (Phi) is 5.14. The third kappa shape index (κ3) is 3.66. The number of aliphatic hydroxyl groups excluding tert-OH is 1. The average Bonchev–Trinajstić information content (AvgIpc) is 2.43. The predicted molar refractivity (Wildman–Crippen MR) is 77.4 cm³/mol. The van der Waals surface area contributed by atoms with Crippen molar-refractivity contribution in [3.63, 3.8) is 0 Å². The van der Waals surface area contributed by atoms with Crippen molar-refractivity contribution in [2.75, 3.05) is 18.5 Å². The molecule has 1 aromatic heterocycles. The fraction of sp³-hybridized carbons (Fsp3) is 0.733. The van der Waals surface area contributed by atoms with Crippen LogP contribution in [0.1, 0.15) is 49.7 Å². The number of aromatic nitrogens is 2. The van der Waals surface area contributed by atoms with Gasteiger partial charge in [-0.3, -0.25) is 0 Å². The molecule has 0 bridgehead atoms. The lowest BCUT2D eigenvalue weighted by Gasteiger charge is -2.21. The van der Waals surface area contributed by atoms with E-state index in [0.717, 1.165) is 43.9 Å². The van der Waals surface area contributed by atoms with Crippen LogP contribution in [0.15, 0.2) is 0 Å². The summed E-state index contributed by atoms with van der Waals surface area (Å²) in [5.41, 5.74) is 2.55. The van der Waals surface area contributed by atoms with Crippen LogP contribution in [-0.2, 0) is 12.8 Å². The van der Waals surface area contributed by atoms with Crippen LogP contribution in [0.25, 0.3) is 0 Å². The van der Waals surface area contributed by atoms with Crippen molar-refractivity contribution in [1.29, 1.82) is 0 Å². The zero-order valence-corrected chi connectivity index (χ0v) is 12.1. The number of nitrogens with zero attached hydrogens (tertiary/aromatic N) is 2. The molecule has 1 aliphatic carbocycles. The molecule has 2 N–H and O–H groups in total. The highest BCUT2D eigenvalue weighted by atomic mass is 16.3. The van der Waals surface area contributed by atoms with Gasteiger partial charge in [0.1, 0.15) is 11.6 Å². The standard InChI is InChI=1S/C15H25N3O/c1-3-12(8-9-19)10-16-15-13-6-4-5-7-14(13)17-11(2)18-15/h12,19H,3-10H2,1-2H3,(H,16,17,18). The maximum atomic E-state index is 9.05. The number of nitrogens with one attached hydrogen (secondary N) is 1. The van der Waals surface area contributed by atoms with Crippen molar-refractivity contribution in [1.82, 2.24) is 9.97 Å². The van der Waals surface area contributed by atoms with Crippen LogP contribution in [0.4, 0.5) is 5.82 Å². The highest BCUT2D eigenvalue weighted by Crippen LogP contribution is 2.25. The van der Waals surface area contributed by atoms with Gasteiger partial charge in [0, 0.05) is 24.4 Å². The van der Waals surface area contributed by atoms with E-state index in [1.807, 2.05) is 6.92 Å². The summed E-state index contributed by atoms with van der Waals surface area (Å²) in [5.74, 6) is 2.40. The number of hydrogen-bond acceptors (Lipinski definition) is 4. The minimum atomic E-state index is 0.265. The molecule has 1 aliphatic rings. The monoisotopic (exact) mass is 263 g/mol. The normalized spacial score (nSPS) is 15.9. The molecule has 1 aromatic rings. The van der Waals surface area contributed by atoms with Crippen LogP contribution in [0.3, 0.4) is 0 Å². The number of anilines is 1. The first-order valence-electron chi connectivity index (χ1n) is 7.45. The minimum Gasteiger partial charge on any atom is -0.396 e. The molecule has 4 nitrogen and oxygen atoms in total. The van der Waals surface area contributed by atoms with Crippen LogP contribution in [0.5, 0.6) is 0 Å². The molecule has 0 radical (unpaired) electrons. The topological polar surface area (TPSA) is 58.0 Å². The SMILES string of the molecule is CCC(CCO)CNc1nc(C)nc2c1CCCC2. The molecule has 0 aliphatic heterocycles. The van der Waals surface area contributed by atoms with Crippen LogP contribution in [-0.4, -0.2) is 28.2 Å². The lowest BCUT2D eigenvalue weighted by atomic mass is 9.96. The van der Waals surface area contributed by atoms with Crippen molar-refractivity contribution in [2.45, 2.75) is 52.4 Å². The Balaban J connectivity index is 2.09. The summed E-state index contributed by atoms with van der Waals surface area (Å²) in [6.45, 7) is 5.29. The van der Waals surface area contributed by atoms with Gasteiger partial charge in [-0.05, 0) is 44.9 Å². The van der Waals surface area contributed by atoms with Gasteiger partial charge in [-0.25, -0.2) is 9.97 Å². The van der Waals surface area contributed by atoms with Gasteiger partial charge < -0.3 is 10.4 Å². The third-order valence-corrected chi connectivity index (χ3v) is 3.97. The summed E-state index contributed by atoms with van der Waals surface area (Å²) in [5, 5.41) is 12.5. The second kappa shape index (κ2) is 6.85. The summed E-state index contributed by atoms with van der Waals surface area (Å²) in [7, 11) is 0. The fourth-order valence-corrected chi connectivity index (χ4v) is 2.74. The third-order valence-electron chi connectivity index (χ3n) is 3.97. The molecule has 1 heterocycles. The van der Waals surface area contributed by atoms with Crippen LogP contribution in [0.2, 0.25) is 0 Å². The maximum Gasteiger partial charge on any atom is 0.133 e. The lowest BCUT2D eigenvalue weighted by Crippen LogP contribution is -2.19. The highest BCUT2D eigenvalue weighted by Gasteiger charge is 2.17. The molecule has 0 aromatic carbocycles. The Morgan fingerprint density at radius 2 is 2.05 bits per heavy atom. The first kappa shape index (κ1) is 14.3. The molecule has 0 fully saturated rings. The number of fused-ring (bicyclic) bond motifs is 1. The van der Waals surface area contributed by atoms with Crippen LogP contribution >= 0.6 is 0 Å². The zero-order valence-electron chi connectivity index (χ0n) is 12.1. The Morgan fingerprint density at radius 3 is 2.79 bits per heavy atom. The van der Waals surface area contributed by atoms with Gasteiger partial charge in [0.15, 0.2) is 0 Å². The smallest absolute Gasteiger partial charge is 0.133 e. The van der Waals surface area contributed by atoms with Crippen LogP contribution in [0, 0.1) is 12.8 Å². The average molecular weight is 263 g/mol. The van der Waals surface area contributed by atoms with Crippen molar-refractivity contribution in [3.8, 4) is 0 Å². The summed E-state index contributed by atoms with van der Waals surface area (Å²) in [6, 6.07) is 0. The summed E-state index contributed by atoms with van der Waals surface area (Å²) in [6.07, 6.45) is 6.60. The second-order valence-electron chi connectivity index (χ2n) is 5.42. The molecule has 0 amide bonds. The molecule has 4 heteroatoms. The van der Waals surface area contributed by atoms with Crippen molar-refractivity contribution in [2.24, 2.45) is 5.92 Å². The zero-order chi connectivity index (χ0) is 13.7. The number of hydrogen-bond donors (Lipinski definition) is 2. The van der Waals surface area contributed by atoms with Crippen molar-refractivity contribution < 1.29 is 5.11 Å². The lowest BCUT2D eigenvalue weighted by molar-refractivity contribution is 0.258. The van der Waals surface area contributed by atoms with E-state index in [1.165, 1.54) is 24.1 Å². The highest BCUT2D eigenvalue weighted by molar-refractivity contribution is 5.47. The number of aryl methyl sites for hydroxylation is 2. The largest absolute Gasteiger partial charge is 0.396 e. The van der Waals surface area contributed by atoms with E-state index in [2.05, 4.69) is 22.2 Å². The molecule has 2 rings (SSSR count). The van der Waals surface area contributed by atoms with E-state index >= 15 is 0 Å². The second-order valence-corrected chi connectivity index (χ2v) is 5.42. The van der Waals surface area contributed by atoms with Gasteiger partial charge in [0.2, 0.25) is 0 Å². The van der Waals surface area contributed by atoms with Crippen molar-refractivity contribution >= 4 is 5.82 Å². The van der Waals surface area contributed by atoms with Gasteiger partial charge in [0.05, 0.1) is 0 Å². The summed E-state index contributed by atoms with van der Waals surface area (Å²) >= 11 is 0. The van der Waals surface area contributed by atoms with Gasteiger partial charge in [-0.15, -0.1) is 0 Å². The summed E-state index contributed by atoms with van der Waals surface area (Å²) in [4.78, 5) is 9.13. The molecule has 0 saturated carbocycles. The van der Waals surface area contributed by atoms with Gasteiger partial charge in [-0.2, -0.15) is 0 Å². The maximum absolute atomic E-state index is 9.05. The Labute approximate surface area is 115 Å². The quantitative estimate of drug-likeness (QED) is 0.828. The van der Waals surface area contributed by atoms with E-state index < -0.39 is 0 Å². The van der Waals surface area contributed by atoms with Crippen LogP contribution < -0.4 is 5.32 Å². The molecule has 19 heavy (non-hydrogen) atoms. The van der Waals surface area contributed by atoms with E-state index in [-0.39, 0.29) is 6.61 Å². The van der Waals surface area contributed by atoms with Gasteiger partial charge >= 0.3 is 0 Å². The fourth-order valence-electron chi connectivity index (χ4n) is 2.74. The van der Waals surface area contributed by atoms with E-state index in [4.69, 9.17) is 5.11 Å². The molecule has 0 spiro atoms. The van der Waals surface area contributed by atoms with E-state index in [9.17, 15) is 0 Å². The predicted octanol–water partition coefficient (Wildman–Crippen LogP) is 2.48. The Bertz CT molecular complexity index is 420. The first-order chi connectivity index (χ1) is 9.24.